The van der Waals surface area contributed by atoms with E-state index in [1.54, 1.807) is 39.8 Å². The van der Waals surface area contributed by atoms with Crippen LogP contribution in [0.3, 0.4) is 0 Å². The molecule has 0 saturated carbocycles. The number of nitrogens with one attached hydrogen (secondary N) is 1. The van der Waals surface area contributed by atoms with Crippen molar-refractivity contribution in [3.05, 3.63) is 57.9 Å². The lowest BCUT2D eigenvalue weighted by Crippen LogP contribution is -2.36. The van der Waals surface area contributed by atoms with Gasteiger partial charge in [-0.05, 0) is 101 Å². The van der Waals surface area contributed by atoms with E-state index in [-0.39, 0.29) is 5.56 Å². The lowest BCUT2D eigenvalue weighted by molar-refractivity contribution is -0.137. The Bertz CT molecular complexity index is 1020. The molecule has 180 valence electrons. The summed E-state index contributed by atoms with van der Waals surface area (Å²) in [7, 11) is 4.02. The number of halogens is 1. The summed E-state index contributed by atoms with van der Waals surface area (Å²) in [4.78, 5) is 26.0. The van der Waals surface area contributed by atoms with Gasteiger partial charge in [0.05, 0.1) is 12.5 Å². The van der Waals surface area contributed by atoms with Gasteiger partial charge in [-0.25, -0.2) is 9.18 Å². The van der Waals surface area contributed by atoms with E-state index in [0.717, 1.165) is 28.8 Å². The summed E-state index contributed by atoms with van der Waals surface area (Å²) < 4.78 is 20.5. The molecule has 1 unspecified atom stereocenters. The highest BCUT2D eigenvalue weighted by Gasteiger charge is 2.26. The van der Waals surface area contributed by atoms with Crippen LogP contribution in [0.5, 0.6) is 0 Å². The fraction of sp³-hybridized carbons (Fsp3) is 0.462. The van der Waals surface area contributed by atoms with Crippen molar-refractivity contribution in [1.82, 2.24) is 10.2 Å². The molecule has 0 spiro atoms. The average Bonchev–Trinajstić information content (AvgIpc) is 2.60. The molecule has 33 heavy (non-hydrogen) atoms. The molecule has 2 rings (SSSR count). The Balaban J connectivity index is 2.56. The van der Waals surface area contributed by atoms with E-state index in [0.29, 0.717) is 5.56 Å². The molecule has 1 amide bonds. The summed E-state index contributed by atoms with van der Waals surface area (Å²) in [6, 6.07) is 6.52. The summed E-state index contributed by atoms with van der Waals surface area (Å²) in [5.74, 6) is -1.69. The van der Waals surface area contributed by atoms with Crippen LogP contribution < -0.4 is 5.32 Å². The van der Waals surface area contributed by atoms with Crippen molar-refractivity contribution in [2.45, 2.75) is 66.2 Å². The van der Waals surface area contributed by atoms with Gasteiger partial charge in [-0.2, -0.15) is 0 Å². The van der Waals surface area contributed by atoms with Gasteiger partial charge in [0.1, 0.15) is 11.4 Å². The Hall–Kier alpha value is -2.93. The third-order valence-electron chi connectivity index (χ3n) is 5.11. The number of nitrogens with zero attached hydrogens (tertiary/aromatic N) is 1. The first kappa shape index (κ1) is 26.3. The monoisotopic (exact) mass is 458 g/mol. The van der Waals surface area contributed by atoms with Crippen LogP contribution in [0.1, 0.15) is 61.1 Å². The molecule has 2 aromatic carbocycles. The standard InChI is InChI=1S/C26H35FN2O4/c1-15-9-18(14-29(7)8)10-16(2)23(15)19-11-17(3)24(27)20(12-19)21(13-22(30)31)28-25(32)33-26(4,5)6/h9-12,21H,13-14H2,1-8H3,(H,28,32)(H,30,31). The average molecular weight is 459 g/mol. The number of carboxylic acid groups (broad SMARTS) is 1. The second-order valence-electron chi connectivity index (χ2n) is 9.84. The van der Waals surface area contributed by atoms with E-state index in [1.165, 1.54) is 5.56 Å². The van der Waals surface area contributed by atoms with Crippen molar-refractivity contribution in [2.75, 3.05) is 14.1 Å². The molecular weight excluding hydrogens is 423 g/mol. The molecule has 0 aliphatic carbocycles. The van der Waals surface area contributed by atoms with Crippen molar-refractivity contribution in [3.8, 4) is 11.1 Å². The molecule has 0 radical (unpaired) electrons. The van der Waals surface area contributed by atoms with Gasteiger partial charge >= 0.3 is 12.1 Å². The quantitative estimate of drug-likeness (QED) is 0.571. The highest BCUT2D eigenvalue weighted by Crippen LogP contribution is 2.34. The number of benzene rings is 2. The SMILES string of the molecule is Cc1cc(-c2c(C)cc(CN(C)C)cc2C)cc(C(CC(=O)O)NC(=O)OC(C)(C)C)c1F. The molecule has 0 aromatic heterocycles. The van der Waals surface area contributed by atoms with Crippen LogP contribution in [0.4, 0.5) is 9.18 Å². The number of hydrogen-bond donors (Lipinski definition) is 2. The summed E-state index contributed by atoms with van der Waals surface area (Å²) >= 11 is 0. The van der Waals surface area contributed by atoms with Crippen LogP contribution in [0.2, 0.25) is 0 Å². The van der Waals surface area contributed by atoms with E-state index in [9.17, 15) is 14.7 Å². The van der Waals surface area contributed by atoms with Crippen LogP contribution in [0.25, 0.3) is 11.1 Å². The largest absolute Gasteiger partial charge is 0.481 e. The first-order valence-electron chi connectivity index (χ1n) is 10.9. The number of aryl methyl sites for hydroxylation is 3. The Morgan fingerprint density at radius 1 is 1.06 bits per heavy atom. The molecule has 0 bridgehead atoms. The van der Waals surface area contributed by atoms with Crippen molar-refractivity contribution >= 4 is 12.1 Å². The number of ether oxygens (including phenoxy) is 1. The van der Waals surface area contributed by atoms with Gasteiger partial charge in [0.25, 0.3) is 0 Å². The van der Waals surface area contributed by atoms with Crippen molar-refractivity contribution in [2.24, 2.45) is 0 Å². The fourth-order valence-corrected chi connectivity index (χ4v) is 4.02. The van der Waals surface area contributed by atoms with Crippen LogP contribution in [0.15, 0.2) is 24.3 Å². The molecule has 0 aliphatic heterocycles. The van der Waals surface area contributed by atoms with Crippen LogP contribution >= 0.6 is 0 Å². The van der Waals surface area contributed by atoms with Gasteiger partial charge in [0.15, 0.2) is 0 Å². The van der Waals surface area contributed by atoms with E-state index in [2.05, 4.69) is 22.3 Å². The molecule has 0 heterocycles. The zero-order valence-corrected chi connectivity index (χ0v) is 20.8. The highest BCUT2D eigenvalue weighted by atomic mass is 19.1. The molecular formula is C26H35FN2O4. The second-order valence-corrected chi connectivity index (χ2v) is 9.84. The minimum Gasteiger partial charge on any atom is -0.481 e. The number of aliphatic carboxylic acids is 1. The Morgan fingerprint density at radius 2 is 1.64 bits per heavy atom. The smallest absolute Gasteiger partial charge is 0.408 e. The van der Waals surface area contributed by atoms with Crippen molar-refractivity contribution in [1.29, 1.82) is 0 Å². The topological polar surface area (TPSA) is 78.9 Å². The number of alkyl carbamates (subject to hydrolysis) is 1. The Kier molecular flexibility index (Phi) is 8.25. The molecule has 0 aliphatic rings. The Labute approximate surface area is 195 Å². The van der Waals surface area contributed by atoms with Gasteiger partial charge in [0, 0.05) is 12.1 Å². The minimum atomic E-state index is -1.15. The molecule has 0 saturated heterocycles. The van der Waals surface area contributed by atoms with Gasteiger partial charge < -0.3 is 20.1 Å². The number of rotatable bonds is 7. The van der Waals surface area contributed by atoms with Crippen LogP contribution in [-0.2, 0) is 16.1 Å². The number of carbonyl (C=O) groups is 2. The number of carboxylic acids is 1. The maximum atomic E-state index is 15.2. The molecule has 0 fully saturated rings. The normalized spacial score (nSPS) is 12.5. The number of amides is 1. The summed E-state index contributed by atoms with van der Waals surface area (Å²) in [5, 5.41) is 11.9. The van der Waals surface area contributed by atoms with Gasteiger partial charge in [0.2, 0.25) is 0 Å². The zero-order chi connectivity index (χ0) is 25.1. The van der Waals surface area contributed by atoms with Gasteiger partial charge in [-0.15, -0.1) is 0 Å². The lowest BCUT2D eigenvalue weighted by Gasteiger charge is -2.24. The van der Waals surface area contributed by atoms with Crippen LogP contribution in [0, 0.1) is 26.6 Å². The highest BCUT2D eigenvalue weighted by molar-refractivity contribution is 5.75. The number of hydrogen-bond acceptors (Lipinski definition) is 4. The Morgan fingerprint density at radius 3 is 2.12 bits per heavy atom. The van der Waals surface area contributed by atoms with Gasteiger partial charge in [-0.1, -0.05) is 12.1 Å². The van der Waals surface area contributed by atoms with Crippen molar-refractivity contribution in [3.63, 3.8) is 0 Å². The third kappa shape index (κ3) is 7.29. The fourth-order valence-electron chi connectivity index (χ4n) is 4.02. The van der Waals surface area contributed by atoms with E-state index >= 15 is 4.39 Å². The van der Waals surface area contributed by atoms with E-state index in [1.807, 2.05) is 27.9 Å². The molecule has 6 nitrogen and oxygen atoms in total. The first-order valence-corrected chi connectivity index (χ1v) is 10.9. The summed E-state index contributed by atoms with van der Waals surface area (Å²) in [5.41, 5.74) is 4.72. The predicted octanol–water partition coefficient (Wildman–Crippen LogP) is 5.52. The van der Waals surface area contributed by atoms with Crippen LogP contribution in [-0.4, -0.2) is 41.8 Å². The van der Waals surface area contributed by atoms with Crippen molar-refractivity contribution < 1.29 is 23.8 Å². The predicted molar refractivity (Wildman–Crippen MR) is 128 cm³/mol. The summed E-state index contributed by atoms with van der Waals surface area (Å²) in [6.07, 6.45) is -1.27. The second kappa shape index (κ2) is 10.3. The zero-order valence-electron chi connectivity index (χ0n) is 20.8. The van der Waals surface area contributed by atoms with Gasteiger partial charge in [-0.3, -0.25) is 4.79 Å². The lowest BCUT2D eigenvalue weighted by atomic mass is 9.89. The molecule has 1 atom stereocenters. The third-order valence-corrected chi connectivity index (χ3v) is 5.11. The molecule has 7 heteroatoms. The minimum absolute atomic E-state index is 0.120. The van der Waals surface area contributed by atoms with E-state index < -0.39 is 35.9 Å². The maximum Gasteiger partial charge on any atom is 0.408 e. The van der Waals surface area contributed by atoms with E-state index in [4.69, 9.17) is 4.74 Å². The maximum absolute atomic E-state index is 15.2. The molecule has 2 aromatic rings. The first-order chi connectivity index (χ1) is 15.2. The molecule has 2 N–H and O–H groups in total. The number of carbonyl (C=O) groups excluding carboxylic acids is 1. The summed E-state index contributed by atoms with van der Waals surface area (Å²) in [6.45, 7) is 11.6.